The van der Waals surface area contributed by atoms with Crippen LogP contribution in [0.1, 0.15) is 11.1 Å². The van der Waals surface area contributed by atoms with Crippen LogP contribution in [0.5, 0.6) is 0 Å². The highest BCUT2D eigenvalue weighted by Crippen LogP contribution is 2.34. The van der Waals surface area contributed by atoms with Crippen LogP contribution in [0.15, 0.2) is 18.2 Å². The summed E-state index contributed by atoms with van der Waals surface area (Å²) in [5.41, 5.74) is -1.56. The smallest absolute Gasteiger partial charge is 0.383 e. The van der Waals surface area contributed by atoms with E-state index < -0.39 is 22.4 Å². The van der Waals surface area contributed by atoms with Crippen molar-refractivity contribution >= 4 is 5.69 Å². The minimum Gasteiger partial charge on any atom is -0.383 e. The number of hydrogen-bond acceptors (Lipinski definition) is 4. The molecular formula is C12H15F3N2O3. The Balaban J connectivity index is 3.15. The van der Waals surface area contributed by atoms with Crippen LogP contribution in [0, 0.1) is 10.1 Å². The zero-order valence-corrected chi connectivity index (χ0v) is 11.0. The van der Waals surface area contributed by atoms with Crippen molar-refractivity contribution in [3.8, 4) is 0 Å². The molecule has 1 rings (SSSR count). The fourth-order valence-electron chi connectivity index (χ4n) is 1.83. The van der Waals surface area contributed by atoms with Crippen molar-refractivity contribution in [3.63, 3.8) is 0 Å². The first-order valence-corrected chi connectivity index (χ1v) is 5.80. The quantitative estimate of drug-likeness (QED) is 0.646. The zero-order chi connectivity index (χ0) is 15.3. The number of nitrogens with zero attached hydrogens (tertiary/aromatic N) is 1. The van der Waals surface area contributed by atoms with E-state index in [1.54, 1.807) is 7.05 Å². The van der Waals surface area contributed by atoms with Crippen LogP contribution in [0.3, 0.4) is 0 Å². The molecule has 0 aliphatic heterocycles. The van der Waals surface area contributed by atoms with E-state index in [9.17, 15) is 23.3 Å². The van der Waals surface area contributed by atoms with Gasteiger partial charge in [-0.1, -0.05) is 6.07 Å². The van der Waals surface area contributed by atoms with E-state index in [-0.39, 0.29) is 24.6 Å². The molecule has 5 nitrogen and oxygen atoms in total. The molecule has 20 heavy (non-hydrogen) atoms. The van der Waals surface area contributed by atoms with E-state index in [4.69, 9.17) is 4.74 Å². The number of nitro groups is 1. The molecule has 0 saturated carbocycles. The summed E-state index contributed by atoms with van der Waals surface area (Å²) in [6.45, 7) is 0.241. The molecule has 0 fully saturated rings. The molecule has 0 saturated heterocycles. The minimum absolute atomic E-state index is 0.000463. The lowest BCUT2D eigenvalue weighted by atomic mass is 9.99. The second-order valence-corrected chi connectivity index (χ2v) is 4.24. The molecule has 0 heterocycles. The Hall–Kier alpha value is -1.67. The topological polar surface area (TPSA) is 64.4 Å². The zero-order valence-electron chi connectivity index (χ0n) is 11.0. The number of ether oxygens (including phenoxy) is 1. The Morgan fingerprint density at radius 3 is 2.55 bits per heavy atom. The Morgan fingerprint density at radius 1 is 1.45 bits per heavy atom. The highest BCUT2D eigenvalue weighted by Gasteiger charge is 2.35. The summed E-state index contributed by atoms with van der Waals surface area (Å²) in [5, 5.41) is 13.4. The van der Waals surface area contributed by atoms with Gasteiger partial charge in [-0.05, 0) is 19.0 Å². The average molecular weight is 292 g/mol. The maximum absolute atomic E-state index is 13.0. The fourth-order valence-corrected chi connectivity index (χ4v) is 1.83. The molecule has 0 radical (unpaired) electrons. The van der Waals surface area contributed by atoms with E-state index >= 15 is 0 Å². The summed E-state index contributed by atoms with van der Waals surface area (Å²) >= 11 is 0. The molecule has 1 atom stereocenters. The van der Waals surface area contributed by atoms with Gasteiger partial charge in [0.2, 0.25) is 0 Å². The Kier molecular flexibility index (Phi) is 5.46. The molecule has 1 aromatic carbocycles. The number of nitrogens with one attached hydrogen (secondary N) is 1. The molecule has 8 heteroatoms. The summed E-state index contributed by atoms with van der Waals surface area (Å²) in [6.07, 6.45) is -4.57. The van der Waals surface area contributed by atoms with E-state index in [1.807, 2.05) is 0 Å². The number of methoxy groups -OCH3 is 1. The molecule has 0 bridgehead atoms. The van der Waals surface area contributed by atoms with Gasteiger partial charge >= 0.3 is 6.18 Å². The predicted octanol–water partition coefficient (Wildman–Crippen LogP) is 2.39. The summed E-state index contributed by atoms with van der Waals surface area (Å²) in [4.78, 5) is 9.73. The van der Waals surface area contributed by atoms with Gasteiger partial charge in [-0.25, -0.2) is 0 Å². The molecule has 112 valence electrons. The van der Waals surface area contributed by atoms with Gasteiger partial charge in [0.15, 0.2) is 0 Å². The van der Waals surface area contributed by atoms with Crippen LogP contribution in [-0.4, -0.2) is 31.7 Å². The average Bonchev–Trinajstić information content (AvgIpc) is 2.37. The largest absolute Gasteiger partial charge is 0.416 e. The Morgan fingerprint density at radius 2 is 2.10 bits per heavy atom. The van der Waals surface area contributed by atoms with Gasteiger partial charge in [-0.15, -0.1) is 0 Å². The van der Waals surface area contributed by atoms with Gasteiger partial charge in [-0.3, -0.25) is 10.1 Å². The second-order valence-electron chi connectivity index (χ2n) is 4.24. The van der Waals surface area contributed by atoms with Crippen LogP contribution in [0.2, 0.25) is 0 Å². The highest BCUT2D eigenvalue weighted by molar-refractivity contribution is 5.41. The van der Waals surface area contributed by atoms with Crippen molar-refractivity contribution < 1.29 is 22.8 Å². The van der Waals surface area contributed by atoms with Gasteiger partial charge in [0.05, 0.1) is 17.1 Å². The number of nitro benzene ring substituents is 1. The van der Waals surface area contributed by atoms with Crippen molar-refractivity contribution in [1.29, 1.82) is 0 Å². The maximum Gasteiger partial charge on any atom is 0.416 e. The van der Waals surface area contributed by atoms with Crippen LogP contribution >= 0.6 is 0 Å². The van der Waals surface area contributed by atoms with Gasteiger partial charge in [0, 0.05) is 25.3 Å². The van der Waals surface area contributed by atoms with Gasteiger partial charge < -0.3 is 10.1 Å². The maximum atomic E-state index is 13.0. The minimum atomic E-state index is -4.63. The fraction of sp³-hybridized carbons (Fsp3) is 0.500. The monoisotopic (exact) mass is 292 g/mol. The number of benzene rings is 1. The number of likely N-dealkylation sites (N-methyl/N-ethyl adjacent to an activating group) is 1. The van der Waals surface area contributed by atoms with Crippen LogP contribution in [0.25, 0.3) is 0 Å². The first kappa shape index (κ1) is 16.4. The third kappa shape index (κ3) is 4.17. The molecule has 1 N–H and O–H groups in total. The lowest BCUT2D eigenvalue weighted by Gasteiger charge is -2.18. The van der Waals surface area contributed by atoms with Gasteiger partial charge in [0.25, 0.3) is 5.69 Å². The normalized spacial score (nSPS) is 13.2. The Labute approximate surface area is 113 Å². The third-order valence-corrected chi connectivity index (χ3v) is 2.85. The van der Waals surface area contributed by atoms with Gasteiger partial charge in [0.1, 0.15) is 0 Å². The molecule has 0 aliphatic rings. The Bertz CT molecular complexity index is 478. The summed E-state index contributed by atoms with van der Waals surface area (Å²) < 4.78 is 43.8. The number of alkyl halides is 3. The van der Waals surface area contributed by atoms with Crippen LogP contribution in [-0.2, 0) is 17.3 Å². The number of hydrogen-bond donors (Lipinski definition) is 1. The van der Waals surface area contributed by atoms with Crippen molar-refractivity contribution in [2.24, 2.45) is 0 Å². The molecule has 1 unspecified atom stereocenters. The van der Waals surface area contributed by atoms with Crippen molar-refractivity contribution in [2.75, 3.05) is 20.8 Å². The standard InChI is InChI=1S/C12H15F3N2O3/c1-16-9(7-20-2)5-8-3-4-10(17(18)19)6-11(8)12(13,14)15/h3-4,6,9,16H,5,7H2,1-2H3. The summed E-state index contributed by atoms with van der Waals surface area (Å²) in [7, 11) is 3.06. The lowest BCUT2D eigenvalue weighted by Crippen LogP contribution is -2.32. The third-order valence-electron chi connectivity index (χ3n) is 2.85. The molecule has 1 aromatic rings. The number of rotatable bonds is 6. The van der Waals surface area contributed by atoms with Crippen LogP contribution in [0.4, 0.5) is 18.9 Å². The molecular weight excluding hydrogens is 277 g/mol. The van der Waals surface area contributed by atoms with E-state index in [0.29, 0.717) is 6.07 Å². The first-order chi connectivity index (χ1) is 9.29. The van der Waals surface area contributed by atoms with E-state index in [0.717, 1.165) is 12.1 Å². The summed E-state index contributed by atoms with van der Waals surface area (Å²) in [5.74, 6) is 0. The lowest BCUT2D eigenvalue weighted by molar-refractivity contribution is -0.385. The second kappa shape index (κ2) is 6.67. The molecule has 0 aromatic heterocycles. The van der Waals surface area contributed by atoms with E-state index in [2.05, 4.69) is 5.32 Å². The van der Waals surface area contributed by atoms with Crippen LogP contribution < -0.4 is 5.32 Å². The van der Waals surface area contributed by atoms with Gasteiger partial charge in [-0.2, -0.15) is 13.2 Å². The molecule has 0 amide bonds. The van der Waals surface area contributed by atoms with Crippen molar-refractivity contribution in [3.05, 3.63) is 39.4 Å². The summed E-state index contributed by atoms with van der Waals surface area (Å²) in [6, 6.07) is 2.47. The number of non-ortho nitro benzene ring substituents is 1. The predicted molar refractivity (Wildman–Crippen MR) is 66.5 cm³/mol. The van der Waals surface area contributed by atoms with Crippen molar-refractivity contribution in [1.82, 2.24) is 5.32 Å². The molecule has 0 spiro atoms. The highest BCUT2D eigenvalue weighted by atomic mass is 19.4. The SMILES string of the molecule is CNC(COC)Cc1ccc([N+](=O)[O-])cc1C(F)(F)F. The van der Waals surface area contributed by atoms with Crippen molar-refractivity contribution in [2.45, 2.75) is 18.6 Å². The van der Waals surface area contributed by atoms with E-state index in [1.165, 1.54) is 7.11 Å². The molecule has 0 aliphatic carbocycles. The number of halogens is 3. The first-order valence-electron chi connectivity index (χ1n) is 5.80.